The maximum absolute atomic E-state index is 13.9. The van der Waals surface area contributed by atoms with Crippen LogP contribution in [0, 0.1) is 0 Å². The van der Waals surface area contributed by atoms with Crippen LogP contribution in [0.25, 0.3) is 11.1 Å². The van der Waals surface area contributed by atoms with Gasteiger partial charge in [0.25, 0.3) is 0 Å². The van der Waals surface area contributed by atoms with Gasteiger partial charge in [-0.15, -0.1) is 0 Å². The van der Waals surface area contributed by atoms with Gasteiger partial charge in [-0.05, 0) is 68.0 Å². The Morgan fingerprint density at radius 1 is 0.889 bits per heavy atom. The highest BCUT2D eigenvalue weighted by Gasteiger charge is 2.37. The van der Waals surface area contributed by atoms with E-state index in [4.69, 9.17) is 4.74 Å². The molecule has 4 N–H and O–H groups in total. The van der Waals surface area contributed by atoms with Crippen LogP contribution < -0.4 is 21.3 Å². The van der Waals surface area contributed by atoms with Gasteiger partial charge in [0.2, 0.25) is 11.8 Å². The number of ether oxygens (including phenoxy) is 1. The lowest BCUT2D eigenvalue weighted by atomic mass is 9.98. The number of amides is 5. The third-order valence-electron chi connectivity index (χ3n) is 7.52. The number of benzene rings is 3. The zero-order chi connectivity index (χ0) is 32.8. The predicted octanol–water partition coefficient (Wildman–Crippen LogP) is 4.66. The van der Waals surface area contributed by atoms with Crippen LogP contribution in [0.3, 0.4) is 0 Å². The number of rotatable bonds is 8. The quantitative estimate of drug-likeness (QED) is 0.294. The van der Waals surface area contributed by atoms with Crippen molar-refractivity contribution in [2.45, 2.75) is 77.9 Å². The molecular weight excluding hydrogens is 570 g/mol. The van der Waals surface area contributed by atoms with E-state index in [2.05, 4.69) is 21.3 Å². The second kappa shape index (κ2) is 13.8. The number of fused-ring (bicyclic) bond motifs is 1. The molecule has 1 aliphatic heterocycles. The maximum atomic E-state index is 13.9. The minimum absolute atomic E-state index is 0.206. The van der Waals surface area contributed by atoms with E-state index < -0.39 is 29.2 Å². The number of urea groups is 1. The molecule has 0 bridgehead atoms. The summed E-state index contributed by atoms with van der Waals surface area (Å²) in [6.45, 7) is 9.52. The van der Waals surface area contributed by atoms with E-state index in [0.717, 1.165) is 33.4 Å². The molecular formula is C35H43N5O5. The minimum atomic E-state index is -1.32. The van der Waals surface area contributed by atoms with Crippen molar-refractivity contribution >= 4 is 23.9 Å². The number of nitrogens with one attached hydrogen (secondary N) is 4. The Balaban J connectivity index is 1.51. The molecule has 0 saturated carbocycles. The molecule has 45 heavy (non-hydrogen) atoms. The van der Waals surface area contributed by atoms with Crippen LogP contribution in [-0.4, -0.2) is 53.1 Å². The van der Waals surface area contributed by atoms with E-state index in [1.807, 2.05) is 72.8 Å². The zero-order valence-corrected chi connectivity index (χ0v) is 26.8. The lowest BCUT2D eigenvalue weighted by Gasteiger charge is -2.30. The molecule has 4 rings (SSSR count). The molecule has 1 atom stereocenters. The monoisotopic (exact) mass is 613 g/mol. The summed E-state index contributed by atoms with van der Waals surface area (Å²) >= 11 is 0. The van der Waals surface area contributed by atoms with Gasteiger partial charge in [0.05, 0.1) is 0 Å². The van der Waals surface area contributed by atoms with Crippen LogP contribution in [0.4, 0.5) is 9.59 Å². The Hall–Kier alpha value is -4.86. The molecule has 0 saturated heterocycles. The van der Waals surface area contributed by atoms with Gasteiger partial charge in [0, 0.05) is 33.1 Å². The van der Waals surface area contributed by atoms with Crippen LogP contribution in [-0.2, 0) is 40.4 Å². The molecule has 0 fully saturated rings. The van der Waals surface area contributed by atoms with E-state index in [0.29, 0.717) is 26.1 Å². The van der Waals surface area contributed by atoms with Crippen molar-refractivity contribution < 1.29 is 23.9 Å². The fourth-order valence-corrected chi connectivity index (χ4v) is 5.15. The van der Waals surface area contributed by atoms with Gasteiger partial charge in [0.1, 0.15) is 17.2 Å². The Morgan fingerprint density at radius 2 is 1.53 bits per heavy atom. The fourth-order valence-electron chi connectivity index (χ4n) is 5.15. The van der Waals surface area contributed by atoms with E-state index in [1.54, 1.807) is 46.6 Å². The molecule has 3 aromatic rings. The first kappa shape index (κ1) is 33.0. The number of carbonyl (C=O) groups excluding carboxylic acids is 4. The summed E-state index contributed by atoms with van der Waals surface area (Å²) in [5, 5.41) is 10.9. The molecule has 0 aromatic heterocycles. The molecule has 0 unspecified atom stereocenters. The Morgan fingerprint density at radius 3 is 2.20 bits per heavy atom. The third-order valence-corrected chi connectivity index (χ3v) is 7.52. The van der Waals surface area contributed by atoms with Gasteiger partial charge in [-0.25, -0.2) is 9.59 Å². The Kier molecular flexibility index (Phi) is 10.2. The summed E-state index contributed by atoms with van der Waals surface area (Å²) in [6.07, 6.45) is -0.379. The third kappa shape index (κ3) is 8.84. The number of carbonyl (C=O) groups is 4. The molecule has 10 nitrogen and oxygen atoms in total. The van der Waals surface area contributed by atoms with Gasteiger partial charge in [-0.2, -0.15) is 0 Å². The van der Waals surface area contributed by atoms with Crippen molar-refractivity contribution in [2.24, 2.45) is 0 Å². The highest BCUT2D eigenvalue weighted by molar-refractivity contribution is 5.94. The van der Waals surface area contributed by atoms with Gasteiger partial charge in [0.15, 0.2) is 0 Å². The highest BCUT2D eigenvalue weighted by Crippen LogP contribution is 2.26. The van der Waals surface area contributed by atoms with Gasteiger partial charge in [-0.1, -0.05) is 72.8 Å². The summed E-state index contributed by atoms with van der Waals surface area (Å²) in [7, 11) is 1.58. The first-order valence-electron chi connectivity index (χ1n) is 15.1. The molecule has 5 amide bonds. The number of nitrogens with zero attached hydrogens (tertiary/aromatic N) is 1. The van der Waals surface area contributed by atoms with Crippen LogP contribution in [0.15, 0.2) is 72.8 Å². The molecule has 1 aliphatic rings. The van der Waals surface area contributed by atoms with Crippen molar-refractivity contribution in [3.8, 4) is 11.1 Å². The van der Waals surface area contributed by atoms with Crippen molar-refractivity contribution in [2.75, 3.05) is 7.05 Å². The zero-order valence-electron chi connectivity index (χ0n) is 26.8. The topological polar surface area (TPSA) is 129 Å². The lowest BCUT2D eigenvalue weighted by molar-refractivity contribution is -0.138. The van der Waals surface area contributed by atoms with E-state index >= 15 is 0 Å². The number of alkyl carbamates (subject to hydrolysis) is 1. The average molecular weight is 614 g/mol. The van der Waals surface area contributed by atoms with E-state index in [1.165, 1.54) is 0 Å². The first-order valence-corrected chi connectivity index (χ1v) is 15.1. The number of hydrogen-bond donors (Lipinski definition) is 4. The predicted molar refractivity (Wildman–Crippen MR) is 173 cm³/mol. The standard InChI is InChI=1S/C35H43N5O5/c1-34(2,3)45-33(44)39-35(4,5)31(42)38-29-19-25-11-7-8-13-27(25)22-40(30(29)41)21-23-15-17-24(18-16-23)28-14-10-9-12-26(28)20-37-32(43)36-6/h7-18,29H,19-22H2,1-6H3,(H,38,42)(H,39,44)(H2,36,37,43)/t29-/m1/s1. The normalized spacial score (nSPS) is 14.9. The van der Waals surface area contributed by atoms with E-state index in [9.17, 15) is 19.2 Å². The molecule has 0 spiro atoms. The van der Waals surface area contributed by atoms with Crippen molar-refractivity contribution in [1.29, 1.82) is 0 Å². The molecule has 1 heterocycles. The molecule has 0 radical (unpaired) electrons. The maximum Gasteiger partial charge on any atom is 0.408 e. The lowest BCUT2D eigenvalue weighted by Crippen LogP contribution is -2.59. The molecule has 238 valence electrons. The summed E-state index contributed by atoms with van der Waals surface area (Å²) in [4.78, 5) is 53.2. The van der Waals surface area contributed by atoms with Crippen molar-refractivity contribution in [1.82, 2.24) is 26.2 Å². The SMILES string of the molecule is CNC(=O)NCc1ccccc1-c1ccc(CN2Cc3ccccc3C[C@@H](NC(=O)C(C)(C)NC(=O)OC(C)(C)C)C2=O)cc1. The second-order valence-corrected chi connectivity index (χ2v) is 12.7. The summed E-state index contributed by atoms with van der Waals surface area (Å²) in [5.74, 6) is -0.692. The Bertz CT molecular complexity index is 1540. The minimum Gasteiger partial charge on any atom is -0.444 e. The second-order valence-electron chi connectivity index (χ2n) is 12.7. The fraction of sp³-hybridized carbons (Fsp3) is 0.371. The first-order chi connectivity index (χ1) is 21.3. The molecule has 3 aromatic carbocycles. The summed E-state index contributed by atoms with van der Waals surface area (Å²) < 4.78 is 5.33. The van der Waals surface area contributed by atoms with Crippen LogP contribution in [0.1, 0.15) is 56.9 Å². The highest BCUT2D eigenvalue weighted by atomic mass is 16.6. The Labute approximate surface area is 264 Å². The average Bonchev–Trinajstić information content (AvgIpc) is 3.11. The van der Waals surface area contributed by atoms with E-state index in [-0.39, 0.29) is 11.9 Å². The largest absolute Gasteiger partial charge is 0.444 e. The smallest absolute Gasteiger partial charge is 0.408 e. The molecule has 0 aliphatic carbocycles. The summed E-state index contributed by atoms with van der Waals surface area (Å²) in [5.41, 5.74) is 3.87. The van der Waals surface area contributed by atoms with Gasteiger partial charge < -0.3 is 30.9 Å². The van der Waals surface area contributed by atoms with Gasteiger partial charge >= 0.3 is 12.1 Å². The van der Waals surface area contributed by atoms with Crippen LogP contribution in [0.2, 0.25) is 0 Å². The van der Waals surface area contributed by atoms with Gasteiger partial charge in [-0.3, -0.25) is 9.59 Å². The van der Waals surface area contributed by atoms with Crippen molar-refractivity contribution in [3.05, 3.63) is 95.1 Å². The van der Waals surface area contributed by atoms with Crippen molar-refractivity contribution in [3.63, 3.8) is 0 Å². The van der Waals surface area contributed by atoms with Crippen LogP contribution >= 0.6 is 0 Å². The summed E-state index contributed by atoms with van der Waals surface area (Å²) in [6, 6.07) is 22.7. The number of hydrogen-bond acceptors (Lipinski definition) is 5. The molecule has 10 heteroatoms. The van der Waals surface area contributed by atoms with Crippen LogP contribution in [0.5, 0.6) is 0 Å².